The quantitative estimate of drug-likeness (QED) is 0.845. The first-order valence-corrected chi connectivity index (χ1v) is 7.56. The lowest BCUT2D eigenvalue weighted by Crippen LogP contribution is -2.48. The van der Waals surface area contributed by atoms with Crippen LogP contribution in [0.5, 0.6) is 0 Å². The minimum atomic E-state index is -0.956. The zero-order valence-electron chi connectivity index (χ0n) is 11.1. The third-order valence-corrected chi connectivity index (χ3v) is 4.38. The molecule has 0 spiro atoms. The van der Waals surface area contributed by atoms with Gasteiger partial charge in [0.05, 0.1) is 4.88 Å². The summed E-state index contributed by atoms with van der Waals surface area (Å²) in [6.45, 7) is 0.475. The molecule has 6 heteroatoms. The van der Waals surface area contributed by atoms with E-state index in [1.165, 1.54) is 16.2 Å². The van der Waals surface area contributed by atoms with Gasteiger partial charge in [0.2, 0.25) is 5.91 Å². The number of Topliss-reactive ketones (excluding diaryl/α,β-unsaturated/α-hetero) is 1. The Balaban J connectivity index is 1.90. The number of amides is 1. The molecule has 1 atom stereocenters. The molecule has 5 nitrogen and oxygen atoms in total. The van der Waals surface area contributed by atoms with E-state index < -0.39 is 12.0 Å². The number of thiophene rings is 1. The highest BCUT2D eigenvalue weighted by atomic mass is 32.1. The number of likely N-dealkylation sites (tertiary alicyclic amines) is 1. The zero-order chi connectivity index (χ0) is 14.5. The molecule has 20 heavy (non-hydrogen) atoms. The summed E-state index contributed by atoms with van der Waals surface area (Å²) in [5.74, 6) is -1.25. The molecule has 0 aromatic carbocycles. The maximum atomic E-state index is 12.1. The second-order valence-electron chi connectivity index (χ2n) is 4.84. The van der Waals surface area contributed by atoms with Crippen LogP contribution < -0.4 is 0 Å². The van der Waals surface area contributed by atoms with E-state index in [1.807, 2.05) is 5.38 Å². The van der Waals surface area contributed by atoms with E-state index in [-0.39, 0.29) is 24.5 Å². The topological polar surface area (TPSA) is 74.7 Å². The number of rotatable bonds is 5. The highest BCUT2D eigenvalue weighted by Crippen LogP contribution is 2.19. The van der Waals surface area contributed by atoms with Crippen LogP contribution in [0.2, 0.25) is 0 Å². The van der Waals surface area contributed by atoms with Gasteiger partial charge < -0.3 is 10.0 Å². The number of hydrogen-bond donors (Lipinski definition) is 1. The number of piperidine rings is 1. The molecular formula is C14H17NO4S. The Morgan fingerprint density at radius 3 is 2.75 bits per heavy atom. The molecule has 0 saturated carbocycles. The summed E-state index contributed by atoms with van der Waals surface area (Å²) >= 11 is 1.36. The zero-order valence-corrected chi connectivity index (χ0v) is 11.9. The molecule has 1 aliphatic rings. The maximum Gasteiger partial charge on any atom is 0.326 e. The van der Waals surface area contributed by atoms with Crippen molar-refractivity contribution < 1.29 is 19.5 Å². The van der Waals surface area contributed by atoms with Crippen LogP contribution in [0.3, 0.4) is 0 Å². The number of nitrogens with zero attached hydrogens (tertiary/aromatic N) is 1. The first-order valence-electron chi connectivity index (χ1n) is 6.68. The summed E-state index contributed by atoms with van der Waals surface area (Å²) in [5.41, 5.74) is 0. The highest BCUT2D eigenvalue weighted by Gasteiger charge is 2.31. The van der Waals surface area contributed by atoms with Crippen molar-refractivity contribution in [1.82, 2.24) is 4.90 Å². The monoisotopic (exact) mass is 295 g/mol. The van der Waals surface area contributed by atoms with Crippen molar-refractivity contribution in [1.29, 1.82) is 0 Å². The van der Waals surface area contributed by atoms with Gasteiger partial charge in [-0.1, -0.05) is 6.07 Å². The number of carboxylic acids is 1. The van der Waals surface area contributed by atoms with E-state index in [9.17, 15) is 14.4 Å². The van der Waals surface area contributed by atoms with E-state index in [4.69, 9.17) is 5.11 Å². The first-order chi connectivity index (χ1) is 9.59. The van der Waals surface area contributed by atoms with Crippen molar-refractivity contribution >= 4 is 29.0 Å². The fourth-order valence-electron chi connectivity index (χ4n) is 2.41. The predicted octanol–water partition coefficient (Wildman–Crippen LogP) is 2.18. The van der Waals surface area contributed by atoms with E-state index in [0.717, 1.165) is 12.8 Å². The molecule has 1 aliphatic heterocycles. The standard InChI is InChI=1S/C14H17NO4S/c16-11(12-5-3-9-20-12)6-7-13(17)15-8-2-1-4-10(15)14(18)19/h3,5,9-10H,1-2,4,6-8H2,(H,18,19). The Hall–Kier alpha value is -1.69. The largest absolute Gasteiger partial charge is 0.480 e. The SMILES string of the molecule is O=C(CCC(=O)N1CCCCC1C(=O)O)c1cccs1. The van der Waals surface area contributed by atoms with Crippen LogP contribution in [-0.4, -0.2) is 40.3 Å². The van der Waals surface area contributed by atoms with Crippen molar-refractivity contribution in [3.63, 3.8) is 0 Å². The van der Waals surface area contributed by atoms with Gasteiger partial charge in [0.25, 0.3) is 0 Å². The average molecular weight is 295 g/mol. The van der Waals surface area contributed by atoms with Gasteiger partial charge >= 0.3 is 5.97 Å². The van der Waals surface area contributed by atoms with Gasteiger partial charge in [-0.25, -0.2) is 4.79 Å². The van der Waals surface area contributed by atoms with E-state index in [1.54, 1.807) is 12.1 Å². The van der Waals surface area contributed by atoms with Gasteiger partial charge in [-0.15, -0.1) is 11.3 Å². The van der Waals surface area contributed by atoms with Crippen molar-refractivity contribution in [3.8, 4) is 0 Å². The number of carbonyl (C=O) groups excluding carboxylic acids is 2. The fraction of sp³-hybridized carbons (Fsp3) is 0.500. The highest BCUT2D eigenvalue weighted by molar-refractivity contribution is 7.12. The number of hydrogen-bond acceptors (Lipinski definition) is 4. The lowest BCUT2D eigenvalue weighted by Gasteiger charge is -2.33. The molecule has 2 heterocycles. The fourth-order valence-corrected chi connectivity index (χ4v) is 3.11. The first kappa shape index (κ1) is 14.7. The molecule has 0 radical (unpaired) electrons. The second-order valence-corrected chi connectivity index (χ2v) is 5.79. The predicted molar refractivity (Wildman–Crippen MR) is 74.9 cm³/mol. The Morgan fingerprint density at radius 2 is 2.10 bits per heavy atom. The van der Waals surface area contributed by atoms with Crippen LogP contribution in [0, 0.1) is 0 Å². The minimum Gasteiger partial charge on any atom is -0.480 e. The average Bonchev–Trinajstić information content (AvgIpc) is 2.98. The van der Waals surface area contributed by atoms with Gasteiger partial charge in [0.15, 0.2) is 5.78 Å². The molecule has 1 saturated heterocycles. The summed E-state index contributed by atoms with van der Waals surface area (Å²) in [4.78, 5) is 37.1. The molecular weight excluding hydrogens is 278 g/mol. The molecule has 1 N–H and O–H groups in total. The van der Waals surface area contributed by atoms with Crippen LogP contribution in [-0.2, 0) is 9.59 Å². The van der Waals surface area contributed by atoms with E-state index in [2.05, 4.69) is 0 Å². The Kier molecular flexibility index (Phi) is 4.89. The van der Waals surface area contributed by atoms with Crippen LogP contribution in [0.15, 0.2) is 17.5 Å². The van der Waals surface area contributed by atoms with Gasteiger partial charge in [-0.05, 0) is 30.7 Å². The van der Waals surface area contributed by atoms with E-state index in [0.29, 0.717) is 17.8 Å². The van der Waals surface area contributed by atoms with Crippen LogP contribution in [0.4, 0.5) is 0 Å². The van der Waals surface area contributed by atoms with Crippen molar-refractivity contribution in [2.45, 2.75) is 38.1 Å². The third kappa shape index (κ3) is 3.45. The van der Waals surface area contributed by atoms with Crippen LogP contribution in [0.1, 0.15) is 41.8 Å². The van der Waals surface area contributed by atoms with Gasteiger partial charge in [0, 0.05) is 19.4 Å². The summed E-state index contributed by atoms with van der Waals surface area (Å²) in [6.07, 6.45) is 2.38. The van der Waals surface area contributed by atoms with Gasteiger partial charge in [-0.2, -0.15) is 0 Å². The Labute approximate surface area is 121 Å². The van der Waals surface area contributed by atoms with Gasteiger partial charge in [-0.3, -0.25) is 9.59 Å². The normalized spacial score (nSPS) is 18.8. The lowest BCUT2D eigenvalue weighted by atomic mass is 10.0. The second kappa shape index (κ2) is 6.65. The van der Waals surface area contributed by atoms with Gasteiger partial charge in [0.1, 0.15) is 6.04 Å². The van der Waals surface area contributed by atoms with E-state index >= 15 is 0 Å². The summed E-state index contributed by atoms with van der Waals surface area (Å²) in [6, 6.07) is 2.80. The number of aliphatic carboxylic acids is 1. The third-order valence-electron chi connectivity index (χ3n) is 3.47. The van der Waals surface area contributed by atoms with Crippen molar-refractivity contribution in [2.24, 2.45) is 0 Å². The molecule has 1 fully saturated rings. The number of ketones is 1. The van der Waals surface area contributed by atoms with Crippen molar-refractivity contribution in [2.75, 3.05) is 6.54 Å². The molecule has 1 aromatic rings. The van der Waals surface area contributed by atoms with Crippen LogP contribution >= 0.6 is 11.3 Å². The molecule has 1 aromatic heterocycles. The molecule has 108 valence electrons. The molecule has 2 rings (SSSR count). The minimum absolute atomic E-state index is 0.0581. The Morgan fingerprint density at radius 1 is 1.30 bits per heavy atom. The number of carbonyl (C=O) groups is 3. The van der Waals surface area contributed by atoms with Crippen LogP contribution in [0.25, 0.3) is 0 Å². The Bertz CT molecular complexity index is 497. The lowest BCUT2D eigenvalue weighted by molar-refractivity contribution is -0.152. The smallest absolute Gasteiger partial charge is 0.326 e. The summed E-state index contributed by atoms with van der Waals surface area (Å²) in [5, 5.41) is 10.9. The number of carboxylic acid groups (broad SMARTS) is 1. The molecule has 1 unspecified atom stereocenters. The summed E-state index contributed by atoms with van der Waals surface area (Å²) < 4.78 is 0. The molecule has 0 bridgehead atoms. The van der Waals surface area contributed by atoms with Crippen molar-refractivity contribution in [3.05, 3.63) is 22.4 Å². The summed E-state index contributed by atoms with van der Waals surface area (Å²) in [7, 11) is 0. The molecule has 1 amide bonds. The molecule has 0 aliphatic carbocycles. The maximum absolute atomic E-state index is 12.1.